The Balaban J connectivity index is 2.26. The summed E-state index contributed by atoms with van der Waals surface area (Å²) in [5.41, 5.74) is -0.511. The molecule has 0 bridgehead atoms. The SMILES string of the molecule is CC(O)CN(CCNCCC1CCCCC1)C(=O)OC(C)(C)C. The van der Waals surface area contributed by atoms with E-state index in [1.54, 1.807) is 11.8 Å². The van der Waals surface area contributed by atoms with E-state index >= 15 is 0 Å². The van der Waals surface area contributed by atoms with Crippen LogP contribution in [0.1, 0.15) is 66.2 Å². The minimum absolute atomic E-state index is 0.305. The van der Waals surface area contributed by atoms with Crippen molar-refractivity contribution in [2.45, 2.75) is 77.9 Å². The van der Waals surface area contributed by atoms with E-state index in [1.807, 2.05) is 20.8 Å². The van der Waals surface area contributed by atoms with Crippen LogP contribution in [0.3, 0.4) is 0 Å². The second-order valence-electron chi connectivity index (χ2n) is 7.82. The molecule has 5 heteroatoms. The third-order valence-corrected chi connectivity index (χ3v) is 4.15. The van der Waals surface area contributed by atoms with E-state index in [9.17, 15) is 9.90 Å². The van der Waals surface area contributed by atoms with Crippen molar-refractivity contribution >= 4 is 6.09 Å². The number of amides is 1. The molecule has 1 aliphatic rings. The number of ether oxygens (including phenoxy) is 1. The van der Waals surface area contributed by atoms with Crippen molar-refractivity contribution in [3.63, 3.8) is 0 Å². The lowest BCUT2D eigenvalue weighted by Crippen LogP contribution is -2.43. The van der Waals surface area contributed by atoms with Crippen molar-refractivity contribution in [3.8, 4) is 0 Å². The number of aliphatic hydroxyl groups excluding tert-OH is 1. The lowest BCUT2D eigenvalue weighted by Gasteiger charge is -2.28. The second-order valence-corrected chi connectivity index (χ2v) is 7.82. The van der Waals surface area contributed by atoms with Crippen LogP contribution in [0.2, 0.25) is 0 Å². The summed E-state index contributed by atoms with van der Waals surface area (Å²) >= 11 is 0. The Bertz CT molecular complexity index is 334. The maximum Gasteiger partial charge on any atom is 0.410 e. The molecule has 136 valence electrons. The summed E-state index contributed by atoms with van der Waals surface area (Å²) < 4.78 is 5.40. The van der Waals surface area contributed by atoms with Gasteiger partial charge in [0.05, 0.1) is 6.10 Å². The van der Waals surface area contributed by atoms with Gasteiger partial charge in [0.15, 0.2) is 0 Å². The molecule has 0 aromatic heterocycles. The Morgan fingerprint density at radius 2 is 1.91 bits per heavy atom. The fourth-order valence-corrected chi connectivity index (χ4v) is 3.02. The molecule has 1 rings (SSSR count). The molecule has 0 aromatic carbocycles. The third-order valence-electron chi connectivity index (χ3n) is 4.15. The maximum atomic E-state index is 12.2. The van der Waals surface area contributed by atoms with E-state index in [0.29, 0.717) is 13.1 Å². The molecule has 23 heavy (non-hydrogen) atoms. The molecule has 1 fully saturated rings. The molecule has 0 radical (unpaired) electrons. The average molecular weight is 328 g/mol. The van der Waals surface area contributed by atoms with Crippen LogP contribution in [0.25, 0.3) is 0 Å². The van der Waals surface area contributed by atoms with Crippen LogP contribution in [0.4, 0.5) is 4.79 Å². The highest BCUT2D eigenvalue weighted by Gasteiger charge is 2.22. The first-order chi connectivity index (χ1) is 10.8. The van der Waals surface area contributed by atoms with Gasteiger partial charge in [0.2, 0.25) is 0 Å². The number of hydrogen-bond acceptors (Lipinski definition) is 4. The molecule has 0 spiro atoms. The molecule has 0 aromatic rings. The molecule has 1 saturated carbocycles. The smallest absolute Gasteiger partial charge is 0.410 e. The molecule has 0 heterocycles. The Morgan fingerprint density at radius 3 is 2.48 bits per heavy atom. The highest BCUT2D eigenvalue weighted by Crippen LogP contribution is 2.25. The molecule has 0 aliphatic heterocycles. The van der Waals surface area contributed by atoms with E-state index in [4.69, 9.17) is 4.74 Å². The van der Waals surface area contributed by atoms with Gasteiger partial charge < -0.3 is 20.1 Å². The van der Waals surface area contributed by atoms with Gasteiger partial charge in [-0.1, -0.05) is 32.1 Å². The van der Waals surface area contributed by atoms with E-state index in [-0.39, 0.29) is 6.09 Å². The molecule has 1 aliphatic carbocycles. The van der Waals surface area contributed by atoms with Crippen molar-refractivity contribution in [1.29, 1.82) is 0 Å². The third kappa shape index (κ3) is 9.82. The van der Waals surface area contributed by atoms with Gasteiger partial charge in [-0.2, -0.15) is 0 Å². The predicted molar refractivity (Wildman–Crippen MR) is 93.5 cm³/mol. The van der Waals surface area contributed by atoms with Crippen LogP contribution >= 0.6 is 0 Å². The zero-order chi connectivity index (χ0) is 17.3. The van der Waals surface area contributed by atoms with Gasteiger partial charge in [0.25, 0.3) is 0 Å². The largest absolute Gasteiger partial charge is 0.444 e. The first-order valence-corrected chi connectivity index (χ1v) is 9.14. The zero-order valence-electron chi connectivity index (χ0n) is 15.4. The van der Waals surface area contributed by atoms with Gasteiger partial charge in [-0.15, -0.1) is 0 Å². The lowest BCUT2D eigenvalue weighted by atomic mass is 9.87. The van der Waals surface area contributed by atoms with Crippen LogP contribution in [0.15, 0.2) is 0 Å². The van der Waals surface area contributed by atoms with Crippen LogP contribution in [0, 0.1) is 5.92 Å². The van der Waals surface area contributed by atoms with E-state index < -0.39 is 11.7 Å². The molecule has 5 nitrogen and oxygen atoms in total. The summed E-state index contributed by atoms with van der Waals surface area (Å²) in [4.78, 5) is 13.8. The Labute approximate surface area is 141 Å². The zero-order valence-corrected chi connectivity index (χ0v) is 15.4. The Morgan fingerprint density at radius 1 is 1.26 bits per heavy atom. The highest BCUT2D eigenvalue weighted by molar-refractivity contribution is 5.68. The van der Waals surface area contributed by atoms with Crippen molar-refractivity contribution in [1.82, 2.24) is 10.2 Å². The molecule has 1 amide bonds. The summed E-state index contributed by atoms with van der Waals surface area (Å²) in [6, 6.07) is 0. The summed E-state index contributed by atoms with van der Waals surface area (Å²) in [6.45, 7) is 9.85. The van der Waals surface area contributed by atoms with Gasteiger partial charge in [0.1, 0.15) is 5.60 Å². The Kier molecular flexibility index (Phi) is 8.92. The van der Waals surface area contributed by atoms with E-state index in [2.05, 4.69) is 5.32 Å². The number of carbonyl (C=O) groups is 1. The lowest BCUT2D eigenvalue weighted by molar-refractivity contribution is 0.0164. The van der Waals surface area contributed by atoms with Crippen molar-refractivity contribution in [2.75, 3.05) is 26.2 Å². The summed E-state index contributed by atoms with van der Waals surface area (Å²) in [7, 11) is 0. The predicted octanol–water partition coefficient (Wildman–Crippen LogP) is 3.16. The Hall–Kier alpha value is -0.810. The fraction of sp³-hybridized carbons (Fsp3) is 0.944. The quantitative estimate of drug-likeness (QED) is 0.672. The topological polar surface area (TPSA) is 61.8 Å². The number of nitrogens with zero attached hydrogens (tertiary/aromatic N) is 1. The van der Waals surface area contributed by atoms with Crippen LogP contribution in [-0.4, -0.2) is 54.0 Å². The summed E-state index contributed by atoms with van der Waals surface area (Å²) in [5, 5.41) is 13.0. The molecule has 1 atom stereocenters. The van der Waals surface area contributed by atoms with Crippen molar-refractivity contribution in [3.05, 3.63) is 0 Å². The molecule has 2 N–H and O–H groups in total. The van der Waals surface area contributed by atoms with Gasteiger partial charge in [0, 0.05) is 19.6 Å². The minimum Gasteiger partial charge on any atom is -0.444 e. The molecular weight excluding hydrogens is 292 g/mol. The van der Waals surface area contributed by atoms with Crippen molar-refractivity contribution in [2.24, 2.45) is 5.92 Å². The average Bonchev–Trinajstić information content (AvgIpc) is 2.44. The number of aliphatic hydroxyl groups is 1. The van der Waals surface area contributed by atoms with Gasteiger partial charge in [-0.3, -0.25) is 0 Å². The van der Waals surface area contributed by atoms with E-state index in [0.717, 1.165) is 19.0 Å². The number of rotatable bonds is 8. The van der Waals surface area contributed by atoms with Gasteiger partial charge >= 0.3 is 6.09 Å². The van der Waals surface area contributed by atoms with Crippen molar-refractivity contribution < 1.29 is 14.6 Å². The standard InChI is InChI=1S/C18H36N2O3/c1-15(21)14-20(17(22)23-18(2,3)4)13-12-19-11-10-16-8-6-5-7-9-16/h15-16,19,21H,5-14H2,1-4H3. The molecule has 0 saturated heterocycles. The first kappa shape index (κ1) is 20.2. The monoisotopic (exact) mass is 328 g/mol. The van der Waals surface area contributed by atoms with Gasteiger partial charge in [-0.25, -0.2) is 4.79 Å². The number of nitrogens with one attached hydrogen (secondary N) is 1. The highest BCUT2D eigenvalue weighted by atomic mass is 16.6. The fourth-order valence-electron chi connectivity index (χ4n) is 3.02. The number of carbonyl (C=O) groups excluding carboxylic acids is 1. The minimum atomic E-state index is -0.551. The van der Waals surface area contributed by atoms with E-state index in [1.165, 1.54) is 38.5 Å². The first-order valence-electron chi connectivity index (χ1n) is 9.14. The van der Waals surface area contributed by atoms with Crippen LogP contribution < -0.4 is 5.32 Å². The second kappa shape index (κ2) is 10.1. The van der Waals surface area contributed by atoms with Crippen LogP contribution in [-0.2, 0) is 4.74 Å². The number of hydrogen-bond donors (Lipinski definition) is 2. The summed E-state index contributed by atoms with van der Waals surface area (Å²) in [6.07, 6.45) is 7.22. The normalized spacial score (nSPS) is 17.8. The van der Waals surface area contributed by atoms with Gasteiger partial charge in [-0.05, 0) is 46.6 Å². The molecule has 1 unspecified atom stereocenters. The van der Waals surface area contributed by atoms with Crippen LogP contribution in [0.5, 0.6) is 0 Å². The molecular formula is C18H36N2O3. The summed E-state index contributed by atoms with van der Waals surface area (Å²) in [5.74, 6) is 0.871. The maximum absolute atomic E-state index is 12.2.